The summed E-state index contributed by atoms with van der Waals surface area (Å²) in [6, 6.07) is 6.48. The van der Waals surface area contributed by atoms with Gasteiger partial charge >= 0.3 is 0 Å². The first kappa shape index (κ1) is 15.5. The quantitative estimate of drug-likeness (QED) is 0.878. The summed E-state index contributed by atoms with van der Waals surface area (Å²) < 4.78 is 27.3. The Hall–Kier alpha value is -0.910. The fourth-order valence-electron chi connectivity index (χ4n) is 2.70. The molecule has 1 saturated carbocycles. The summed E-state index contributed by atoms with van der Waals surface area (Å²) in [7, 11) is -3.50. The van der Waals surface area contributed by atoms with E-state index in [0.29, 0.717) is 12.1 Å². The minimum atomic E-state index is -3.50. The third-order valence-electron chi connectivity index (χ3n) is 4.15. The molecule has 1 fully saturated rings. The Kier molecular flexibility index (Phi) is 4.52. The van der Waals surface area contributed by atoms with Crippen molar-refractivity contribution in [3.05, 3.63) is 29.8 Å². The van der Waals surface area contributed by atoms with Crippen LogP contribution in [0.5, 0.6) is 0 Å². The summed E-state index contributed by atoms with van der Waals surface area (Å²) in [5.74, 6) is 0. The van der Waals surface area contributed by atoms with Crippen molar-refractivity contribution in [1.29, 1.82) is 0 Å². The van der Waals surface area contributed by atoms with Crippen LogP contribution in [0.25, 0.3) is 0 Å². The molecule has 0 spiro atoms. The summed E-state index contributed by atoms with van der Waals surface area (Å²) in [4.78, 5) is 0.220. The molecule has 0 heterocycles. The van der Waals surface area contributed by atoms with Crippen molar-refractivity contribution in [2.75, 3.05) is 6.54 Å². The van der Waals surface area contributed by atoms with Gasteiger partial charge in [0.15, 0.2) is 0 Å². The van der Waals surface area contributed by atoms with Crippen molar-refractivity contribution in [2.45, 2.75) is 50.5 Å². The third kappa shape index (κ3) is 3.59. The van der Waals surface area contributed by atoms with Crippen LogP contribution in [0, 0.1) is 5.41 Å². The van der Waals surface area contributed by atoms with Crippen molar-refractivity contribution < 1.29 is 13.5 Å². The number of nitrogens with one attached hydrogen (secondary N) is 1. The molecule has 1 unspecified atom stereocenters. The van der Waals surface area contributed by atoms with Crippen LogP contribution in [0.4, 0.5) is 0 Å². The molecule has 2 rings (SSSR count). The van der Waals surface area contributed by atoms with E-state index in [1.165, 1.54) is 18.9 Å². The molecule has 0 amide bonds. The standard InChI is InChI=1S/C15H23NO3S/c1-12(17)13-6-5-7-14(10-13)20(18,19)16-11-15(2)8-3-4-9-15/h5-7,10,12,16-17H,3-4,8-9,11H2,1-2H3. The Labute approximate surface area is 121 Å². The average molecular weight is 297 g/mol. The number of aliphatic hydroxyl groups is 1. The molecule has 1 aromatic carbocycles. The van der Waals surface area contributed by atoms with E-state index >= 15 is 0 Å². The summed E-state index contributed by atoms with van der Waals surface area (Å²) in [5, 5.41) is 9.54. The van der Waals surface area contributed by atoms with Gasteiger partial charge in [-0.25, -0.2) is 13.1 Å². The van der Waals surface area contributed by atoms with Gasteiger partial charge in [-0.1, -0.05) is 31.9 Å². The van der Waals surface area contributed by atoms with Crippen molar-refractivity contribution in [1.82, 2.24) is 4.72 Å². The monoisotopic (exact) mass is 297 g/mol. The van der Waals surface area contributed by atoms with Gasteiger partial charge in [0, 0.05) is 6.54 Å². The second kappa shape index (κ2) is 5.84. The Balaban J connectivity index is 2.12. The molecule has 5 heteroatoms. The van der Waals surface area contributed by atoms with E-state index in [1.807, 2.05) is 0 Å². The maximum Gasteiger partial charge on any atom is 0.240 e. The lowest BCUT2D eigenvalue weighted by molar-refractivity contribution is 0.199. The first-order valence-electron chi connectivity index (χ1n) is 7.10. The Morgan fingerprint density at radius 1 is 1.35 bits per heavy atom. The number of aliphatic hydroxyl groups excluding tert-OH is 1. The van der Waals surface area contributed by atoms with Gasteiger partial charge in [-0.2, -0.15) is 0 Å². The zero-order valence-corrected chi connectivity index (χ0v) is 12.9. The highest BCUT2D eigenvalue weighted by molar-refractivity contribution is 7.89. The van der Waals surface area contributed by atoms with E-state index in [1.54, 1.807) is 25.1 Å². The highest BCUT2D eigenvalue weighted by Gasteiger charge is 2.30. The molecule has 1 atom stereocenters. The van der Waals surface area contributed by atoms with E-state index in [4.69, 9.17) is 0 Å². The van der Waals surface area contributed by atoms with Gasteiger partial charge in [0.2, 0.25) is 10.0 Å². The van der Waals surface area contributed by atoms with Gasteiger partial charge in [0.1, 0.15) is 0 Å². The predicted molar refractivity (Wildman–Crippen MR) is 78.8 cm³/mol. The molecule has 2 N–H and O–H groups in total. The molecule has 20 heavy (non-hydrogen) atoms. The largest absolute Gasteiger partial charge is 0.389 e. The summed E-state index contributed by atoms with van der Waals surface area (Å²) >= 11 is 0. The number of rotatable bonds is 5. The molecule has 0 aromatic heterocycles. The van der Waals surface area contributed by atoms with E-state index in [2.05, 4.69) is 11.6 Å². The Morgan fingerprint density at radius 3 is 2.60 bits per heavy atom. The Bertz CT molecular complexity index is 560. The average Bonchev–Trinajstić information content (AvgIpc) is 2.84. The predicted octanol–water partition coefficient (Wildman–Crippen LogP) is 2.60. The Morgan fingerprint density at radius 2 is 2.00 bits per heavy atom. The molecule has 1 aliphatic carbocycles. The van der Waals surface area contributed by atoms with Gasteiger partial charge < -0.3 is 5.11 Å². The lowest BCUT2D eigenvalue weighted by Gasteiger charge is -2.23. The summed E-state index contributed by atoms with van der Waals surface area (Å²) in [6.07, 6.45) is 3.83. The summed E-state index contributed by atoms with van der Waals surface area (Å²) in [6.45, 7) is 4.24. The van der Waals surface area contributed by atoms with Crippen LogP contribution in [-0.2, 0) is 10.0 Å². The highest BCUT2D eigenvalue weighted by Crippen LogP contribution is 2.37. The normalized spacial score (nSPS) is 19.9. The minimum Gasteiger partial charge on any atom is -0.389 e. The molecule has 0 aliphatic heterocycles. The number of hydrogen-bond donors (Lipinski definition) is 2. The SMILES string of the molecule is CC(O)c1cccc(S(=O)(=O)NCC2(C)CCCC2)c1. The van der Waals surface area contributed by atoms with Crippen LogP contribution in [0.3, 0.4) is 0 Å². The lowest BCUT2D eigenvalue weighted by Crippen LogP contribution is -2.34. The van der Waals surface area contributed by atoms with Crippen LogP contribution in [0.2, 0.25) is 0 Å². The molecular formula is C15H23NO3S. The first-order valence-corrected chi connectivity index (χ1v) is 8.58. The van der Waals surface area contributed by atoms with Crippen molar-refractivity contribution in [3.63, 3.8) is 0 Å². The number of hydrogen-bond acceptors (Lipinski definition) is 3. The van der Waals surface area contributed by atoms with Gasteiger partial charge in [-0.15, -0.1) is 0 Å². The highest BCUT2D eigenvalue weighted by atomic mass is 32.2. The minimum absolute atomic E-state index is 0.0783. The molecule has 112 valence electrons. The fraction of sp³-hybridized carbons (Fsp3) is 0.600. The van der Waals surface area contributed by atoms with Crippen LogP contribution >= 0.6 is 0 Å². The number of sulfonamides is 1. The molecule has 0 radical (unpaired) electrons. The number of benzene rings is 1. The van der Waals surface area contributed by atoms with E-state index in [9.17, 15) is 13.5 Å². The lowest BCUT2D eigenvalue weighted by atomic mass is 9.89. The maximum atomic E-state index is 12.3. The van der Waals surface area contributed by atoms with Crippen LogP contribution in [0.15, 0.2) is 29.2 Å². The topological polar surface area (TPSA) is 66.4 Å². The van der Waals surface area contributed by atoms with Crippen molar-refractivity contribution >= 4 is 10.0 Å². The van der Waals surface area contributed by atoms with Crippen LogP contribution in [0.1, 0.15) is 51.2 Å². The second-order valence-electron chi connectivity index (χ2n) is 6.09. The van der Waals surface area contributed by atoms with Crippen molar-refractivity contribution in [3.8, 4) is 0 Å². The molecule has 0 bridgehead atoms. The second-order valence-corrected chi connectivity index (χ2v) is 7.86. The molecule has 1 aromatic rings. The molecule has 4 nitrogen and oxygen atoms in total. The van der Waals surface area contributed by atoms with Gasteiger partial charge in [-0.3, -0.25) is 0 Å². The van der Waals surface area contributed by atoms with E-state index < -0.39 is 16.1 Å². The smallest absolute Gasteiger partial charge is 0.240 e. The molecule has 1 aliphatic rings. The third-order valence-corrected chi connectivity index (χ3v) is 5.55. The van der Waals surface area contributed by atoms with Gasteiger partial charge in [0.25, 0.3) is 0 Å². The molecular weight excluding hydrogens is 274 g/mol. The van der Waals surface area contributed by atoms with Gasteiger partial charge in [-0.05, 0) is 42.9 Å². The zero-order chi connectivity index (χ0) is 14.8. The van der Waals surface area contributed by atoms with E-state index in [0.717, 1.165) is 12.8 Å². The van der Waals surface area contributed by atoms with Crippen molar-refractivity contribution in [2.24, 2.45) is 5.41 Å². The zero-order valence-electron chi connectivity index (χ0n) is 12.1. The van der Waals surface area contributed by atoms with Gasteiger partial charge in [0.05, 0.1) is 11.0 Å². The summed E-state index contributed by atoms with van der Waals surface area (Å²) in [5.41, 5.74) is 0.689. The molecule has 0 saturated heterocycles. The van der Waals surface area contributed by atoms with Crippen LogP contribution < -0.4 is 4.72 Å². The van der Waals surface area contributed by atoms with E-state index in [-0.39, 0.29) is 10.3 Å². The maximum absolute atomic E-state index is 12.3. The first-order chi connectivity index (χ1) is 9.32. The van der Waals surface area contributed by atoms with Crippen LogP contribution in [-0.4, -0.2) is 20.1 Å². The fourth-order valence-corrected chi connectivity index (χ4v) is 3.95.